The molecule has 0 bridgehead atoms. The summed E-state index contributed by atoms with van der Waals surface area (Å²) in [5, 5.41) is 53.5. The molecule has 8 aliphatic heterocycles. The topological polar surface area (TPSA) is 379 Å². The number of ether oxygens (including phenoxy) is 12. The van der Waals surface area contributed by atoms with Crippen molar-refractivity contribution in [2.75, 3.05) is 65.9 Å². The van der Waals surface area contributed by atoms with Crippen LogP contribution in [-0.2, 0) is 75.6 Å². The Bertz CT molecular complexity index is 6850. The van der Waals surface area contributed by atoms with Gasteiger partial charge in [-0.05, 0) is 155 Å². The molecule has 30 nitrogen and oxygen atoms in total. The molecule has 12 aromatic rings. The zero-order chi connectivity index (χ0) is 86.6. The molecule has 30 heteroatoms. The molecule has 12 heterocycles. The van der Waals surface area contributed by atoms with Gasteiger partial charge in [-0.3, -0.25) is 29.2 Å². The largest absolute Gasteiger partial charge is 0.502 e. The minimum Gasteiger partial charge on any atom is -0.502 e. The number of nitrogens with one attached hydrogen (secondary N) is 2. The van der Waals surface area contributed by atoms with Crippen LogP contribution in [0, 0.1) is 23.7 Å². The number of aromatic hydroxyl groups is 2. The smallest absolute Gasteiger partial charge is 0.343 e. The quantitative estimate of drug-likeness (QED) is 0.0297. The Kier molecular flexibility index (Phi) is 18.7. The molecule has 4 aromatic heterocycles. The molecule has 0 spiro atoms. The fourth-order valence-electron chi connectivity index (χ4n) is 20.1. The van der Waals surface area contributed by atoms with Crippen LogP contribution in [0.2, 0.25) is 0 Å². The number of aliphatic hydroxyl groups is 2. The first-order valence-corrected chi connectivity index (χ1v) is 41.3. The Morgan fingerprint density at radius 1 is 0.476 bits per heavy atom. The molecule has 2 aliphatic carbocycles. The van der Waals surface area contributed by atoms with E-state index in [4.69, 9.17) is 76.8 Å². The van der Waals surface area contributed by atoms with E-state index in [1.165, 1.54) is 28.4 Å². The van der Waals surface area contributed by atoms with Crippen LogP contribution < -0.4 is 59.6 Å². The van der Waals surface area contributed by atoms with Crippen molar-refractivity contribution >= 4 is 80.9 Å². The molecule has 10 aliphatic rings. The Morgan fingerprint density at radius 3 is 1.33 bits per heavy atom. The Labute approximate surface area is 717 Å². The summed E-state index contributed by atoms with van der Waals surface area (Å²) in [6, 6.07) is 47.9. The lowest BCUT2D eigenvalue weighted by molar-refractivity contribution is -0.172. The highest BCUT2D eigenvalue weighted by Gasteiger charge is 2.56. The van der Waals surface area contributed by atoms with E-state index in [-0.39, 0.29) is 164 Å². The van der Waals surface area contributed by atoms with Gasteiger partial charge in [-0.25, -0.2) is 19.6 Å². The molecule has 0 saturated carbocycles. The van der Waals surface area contributed by atoms with Gasteiger partial charge in [-0.15, -0.1) is 0 Å². The van der Waals surface area contributed by atoms with Crippen molar-refractivity contribution in [2.45, 2.75) is 88.1 Å². The highest BCUT2D eigenvalue weighted by Crippen LogP contribution is 2.60. The van der Waals surface area contributed by atoms with Gasteiger partial charge in [0.1, 0.15) is 13.2 Å². The lowest BCUT2D eigenvalue weighted by Crippen LogP contribution is -2.44. The number of hydrogen-bond acceptors (Lipinski definition) is 28. The number of pyridine rings is 4. The van der Waals surface area contributed by atoms with Crippen LogP contribution in [0.3, 0.4) is 0 Å². The number of hydrogen-bond donors (Lipinski definition) is 6. The fraction of sp³-hybridized carbons (Fsp3) is 0.271. The maximum atomic E-state index is 14.0. The molecule has 2 fully saturated rings. The third kappa shape index (κ3) is 12.2. The summed E-state index contributed by atoms with van der Waals surface area (Å²) in [5.74, 6) is -2.21. The average molecular weight is 1700 g/mol. The van der Waals surface area contributed by atoms with Gasteiger partial charge in [0.25, 0.3) is 11.1 Å². The Balaban J connectivity index is 0.000000154. The van der Waals surface area contributed by atoms with Crippen LogP contribution in [0.1, 0.15) is 128 Å². The molecule has 2 saturated heterocycles. The number of nitrogens with zero attached hydrogens (tertiary/aromatic N) is 6. The Morgan fingerprint density at radius 2 is 0.889 bits per heavy atom. The second-order valence-corrected chi connectivity index (χ2v) is 32.6. The van der Waals surface area contributed by atoms with Gasteiger partial charge in [0, 0.05) is 85.9 Å². The van der Waals surface area contributed by atoms with Gasteiger partial charge in [-0.2, -0.15) is 0 Å². The van der Waals surface area contributed by atoms with Crippen molar-refractivity contribution in [1.82, 2.24) is 19.1 Å². The van der Waals surface area contributed by atoms with Crippen molar-refractivity contribution in [3.8, 4) is 80.3 Å². The van der Waals surface area contributed by atoms with Crippen LogP contribution in [-0.4, -0.2) is 131 Å². The van der Waals surface area contributed by atoms with E-state index in [1.807, 2.05) is 121 Å². The minimum absolute atomic E-state index is 0.0378. The number of phenols is 2. The molecular weight excluding hydrogens is 1620 g/mol. The van der Waals surface area contributed by atoms with Crippen LogP contribution in [0.25, 0.3) is 44.6 Å². The number of cyclic esters (lactones) is 4. The predicted molar refractivity (Wildman–Crippen MR) is 456 cm³/mol. The summed E-state index contributed by atoms with van der Waals surface area (Å²) in [7, 11) is 5.85. The van der Waals surface area contributed by atoms with Crippen molar-refractivity contribution in [1.29, 1.82) is 0 Å². The van der Waals surface area contributed by atoms with Crippen LogP contribution in [0.15, 0.2) is 177 Å². The first-order chi connectivity index (χ1) is 61.2. The fourth-order valence-corrected chi connectivity index (χ4v) is 20.1. The van der Waals surface area contributed by atoms with E-state index in [0.29, 0.717) is 85.0 Å². The molecule has 0 amide bonds. The number of aliphatic imine (C=N–C) groups is 2. The molecule has 636 valence electrons. The summed E-state index contributed by atoms with van der Waals surface area (Å²) in [6.45, 7) is 3.80. The Hall–Kier alpha value is -14.8. The molecular formula is C96H80N8O22. The third-order valence-electron chi connectivity index (χ3n) is 26.5. The second-order valence-electron chi connectivity index (χ2n) is 32.6. The maximum absolute atomic E-state index is 14.0. The SMILES string of the molecule is CC[C@@]1(O)C(=O)OCc2c1cc1n(c2=O)Cc2c-1nc1ccccc1c2C=Nc1ccc(N[C@@H]2c3cc4c(cc3[C@@H](c3cc(OC)c(O)c(OC)c3)[C@H]3C(=O)OC[C@@H]32)OCO4)cc1.CC[C@@]1(O)C(=O)OCc2c1cc1n(c2=O)Cc2c-1nc1ccccc1c2C=Nc1ccccc1N[C@@H]1c2cc3c(cc2[C@@H](c2cc(OC)c(O)c(OC)c2)[C@H]2C(=O)OC[C@@H]21)OCO3. The van der Waals surface area contributed by atoms with Crippen LogP contribution in [0.5, 0.6) is 57.5 Å². The number of aromatic nitrogens is 4. The second kappa shape index (κ2) is 30.0. The zero-order valence-electron chi connectivity index (χ0n) is 68.7. The van der Waals surface area contributed by atoms with Crippen molar-refractivity contribution in [2.24, 2.45) is 33.7 Å². The van der Waals surface area contributed by atoms with Crippen LogP contribution >= 0.6 is 0 Å². The molecule has 10 atom stereocenters. The third-order valence-corrected chi connectivity index (χ3v) is 26.5. The van der Waals surface area contributed by atoms with Crippen molar-refractivity contribution in [3.63, 3.8) is 0 Å². The number of benzene rings is 8. The number of methoxy groups -OCH3 is 4. The summed E-state index contributed by atoms with van der Waals surface area (Å²) in [6.07, 6.45) is 3.66. The minimum atomic E-state index is -1.95. The summed E-state index contributed by atoms with van der Waals surface area (Å²) >= 11 is 0. The first-order valence-electron chi connectivity index (χ1n) is 41.3. The molecule has 22 rings (SSSR count). The van der Waals surface area contributed by atoms with Gasteiger partial charge in [0.2, 0.25) is 25.1 Å². The summed E-state index contributed by atoms with van der Waals surface area (Å²) < 4.78 is 70.9. The van der Waals surface area contributed by atoms with E-state index in [9.17, 15) is 49.2 Å². The van der Waals surface area contributed by atoms with E-state index in [0.717, 1.165) is 61.0 Å². The molecule has 0 radical (unpaired) electrons. The van der Waals surface area contributed by atoms with Crippen molar-refractivity contribution in [3.05, 3.63) is 256 Å². The first kappa shape index (κ1) is 78.5. The lowest BCUT2D eigenvalue weighted by atomic mass is 9.65. The highest BCUT2D eigenvalue weighted by molar-refractivity contribution is 6.05. The number of para-hydroxylation sites is 4. The van der Waals surface area contributed by atoms with Gasteiger partial charge >= 0.3 is 23.9 Å². The van der Waals surface area contributed by atoms with E-state index in [1.54, 1.807) is 71.8 Å². The molecule has 0 unspecified atom stereocenters. The highest BCUT2D eigenvalue weighted by atomic mass is 16.7. The number of esters is 4. The van der Waals surface area contributed by atoms with Gasteiger partial charge in [0.05, 0.1) is 141 Å². The van der Waals surface area contributed by atoms with Crippen LogP contribution in [0.4, 0.5) is 22.7 Å². The molecule has 8 aromatic carbocycles. The van der Waals surface area contributed by atoms with E-state index >= 15 is 0 Å². The number of anilines is 2. The maximum Gasteiger partial charge on any atom is 0.343 e. The summed E-state index contributed by atoms with van der Waals surface area (Å²) in [4.78, 5) is 101. The standard InChI is InChI=1S/2C48H40N4O11/c1-4-48(57)31-17-35-43-28(19-52(35)45(54)29(31)20-61-47(48)56)27(24-9-5-6-10-32(24)50-43)18-49-33-11-7-8-12-34(33)51-42-26-16-37-36(62-22-63-37)15-25(26)40(41-30(42)21-60-46(41)55)23-13-38(58-2)44(53)39(14-23)59-3;1-4-48(57)33-17-35-43-30(19-52(35)45(54)31(33)20-61-47(48)56)29(26-7-5-6-8-34(26)51-43)18-49-24-9-11-25(12-10-24)50-42-28-16-37-36(62-22-63-37)15-27(28)40(41-32(42)21-60-46(41)55)23-13-38(58-2)44(53)39(14-23)59-3/h5-18,30,40-42,51,53,57H,4,19-22H2,1-3H3;5-18,32,40-42,50,53,57H,4,19-22H2,1-3H3/t30-,40+,41-,42+,48-;32-,40+,41-,42+,48-/m00/s1. The number of carbonyl (C=O) groups excluding carboxylic acids is 4. The van der Waals surface area contributed by atoms with Gasteiger partial charge < -0.3 is 97.0 Å². The van der Waals surface area contributed by atoms with Gasteiger partial charge in [0.15, 0.2) is 57.2 Å². The molecule has 6 N–H and O–H groups in total. The van der Waals surface area contributed by atoms with E-state index in [2.05, 4.69) is 10.6 Å². The lowest BCUT2D eigenvalue weighted by Gasteiger charge is -2.40. The number of rotatable bonds is 16. The summed E-state index contributed by atoms with van der Waals surface area (Å²) in [5.41, 5.74) is 10.7. The number of carbonyl (C=O) groups is 4. The molecule has 126 heavy (non-hydrogen) atoms. The monoisotopic (exact) mass is 1700 g/mol. The van der Waals surface area contributed by atoms with Gasteiger partial charge in [-0.1, -0.05) is 62.4 Å². The predicted octanol–water partition coefficient (Wildman–Crippen LogP) is 12.7. The van der Waals surface area contributed by atoms with E-state index < -0.39 is 52.9 Å². The normalized spacial score (nSPS) is 22.5. The van der Waals surface area contributed by atoms with Crippen molar-refractivity contribution < 1.29 is 96.4 Å². The number of phenolic OH excluding ortho intramolecular Hbond substituents is 2. The zero-order valence-corrected chi connectivity index (χ0v) is 68.7. The number of fused-ring (bicyclic) bond motifs is 16. The average Bonchev–Trinajstić information content (AvgIpc) is 1.49.